The van der Waals surface area contributed by atoms with Crippen LogP contribution in [0, 0.1) is 0 Å². The van der Waals surface area contributed by atoms with Crippen LogP contribution in [-0.2, 0) is 24.2 Å². The molecule has 1 aromatic carbocycles. The molecule has 0 saturated carbocycles. The molecule has 0 aliphatic heterocycles. The van der Waals surface area contributed by atoms with Crippen LogP contribution in [0.25, 0.3) is 0 Å². The molecule has 33 heavy (non-hydrogen) atoms. The number of ether oxygens (including phenoxy) is 2. The van der Waals surface area contributed by atoms with E-state index in [9.17, 15) is 9.59 Å². The van der Waals surface area contributed by atoms with Crippen LogP contribution >= 0.6 is 34.5 Å². The first kappa shape index (κ1) is 23.7. The van der Waals surface area contributed by atoms with E-state index >= 15 is 0 Å². The fourth-order valence-electron chi connectivity index (χ4n) is 3.73. The van der Waals surface area contributed by atoms with Crippen molar-refractivity contribution in [2.24, 2.45) is 0 Å². The standard InChI is InChI=1S/C24H23Cl2NO5S/c1-2-30-24(29)21-16-6-4-3-5-7-20(16)33-23(21)27-22(28)18-11-9-15(32-18)13-31-19-12-14(25)8-10-17(19)26/h8-12H,2-7,13H2,1H3,(H,27,28). The number of anilines is 1. The summed E-state index contributed by atoms with van der Waals surface area (Å²) in [5, 5.41) is 4.28. The van der Waals surface area contributed by atoms with Crippen LogP contribution in [0.15, 0.2) is 34.7 Å². The van der Waals surface area contributed by atoms with Crippen molar-refractivity contribution in [3.05, 3.63) is 67.9 Å². The molecule has 0 bridgehead atoms. The summed E-state index contributed by atoms with van der Waals surface area (Å²) in [7, 11) is 0. The molecule has 0 radical (unpaired) electrons. The van der Waals surface area contributed by atoms with E-state index in [1.807, 2.05) is 0 Å². The van der Waals surface area contributed by atoms with Crippen molar-refractivity contribution in [2.45, 2.75) is 45.6 Å². The van der Waals surface area contributed by atoms with Crippen LogP contribution in [0.3, 0.4) is 0 Å². The van der Waals surface area contributed by atoms with Gasteiger partial charge in [-0.1, -0.05) is 29.6 Å². The second-order valence-corrected chi connectivity index (χ2v) is 9.52. The van der Waals surface area contributed by atoms with Crippen LogP contribution in [-0.4, -0.2) is 18.5 Å². The Hall–Kier alpha value is -2.48. The third kappa shape index (κ3) is 5.54. The number of hydrogen-bond donors (Lipinski definition) is 1. The minimum absolute atomic E-state index is 0.0781. The maximum absolute atomic E-state index is 12.9. The number of esters is 1. The predicted molar refractivity (Wildman–Crippen MR) is 129 cm³/mol. The number of fused-ring (bicyclic) bond motifs is 1. The molecule has 0 atom stereocenters. The molecule has 9 heteroatoms. The van der Waals surface area contributed by atoms with E-state index in [0.29, 0.717) is 32.1 Å². The lowest BCUT2D eigenvalue weighted by Gasteiger charge is -2.08. The van der Waals surface area contributed by atoms with Crippen molar-refractivity contribution in [2.75, 3.05) is 11.9 Å². The molecule has 3 aromatic rings. The van der Waals surface area contributed by atoms with Gasteiger partial charge in [0.1, 0.15) is 23.1 Å². The van der Waals surface area contributed by atoms with Crippen molar-refractivity contribution >= 4 is 51.4 Å². The molecule has 1 N–H and O–H groups in total. The Kier molecular flexibility index (Phi) is 7.63. The zero-order chi connectivity index (χ0) is 23.4. The van der Waals surface area contributed by atoms with Gasteiger partial charge in [-0.3, -0.25) is 4.79 Å². The average molecular weight is 508 g/mol. The molecule has 0 unspecified atom stereocenters. The molecule has 1 aliphatic rings. The lowest BCUT2D eigenvalue weighted by molar-refractivity contribution is 0.0527. The van der Waals surface area contributed by atoms with Gasteiger partial charge in [0.2, 0.25) is 0 Å². The van der Waals surface area contributed by atoms with E-state index in [1.165, 1.54) is 11.3 Å². The van der Waals surface area contributed by atoms with Crippen LogP contribution < -0.4 is 10.1 Å². The number of thiophene rings is 1. The Balaban J connectivity index is 1.49. The second-order valence-electron chi connectivity index (χ2n) is 7.57. The quantitative estimate of drug-likeness (QED) is 0.277. The SMILES string of the molecule is CCOC(=O)c1c(NC(=O)c2ccc(COc3cc(Cl)ccc3Cl)o2)sc2c1CCCCC2. The summed E-state index contributed by atoms with van der Waals surface area (Å²) in [5.41, 5.74) is 1.47. The first-order chi connectivity index (χ1) is 16.0. The van der Waals surface area contributed by atoms with Crippen molar-refractivity contribution in [3.8, 4) is 5.75 Å². The van der Waals surface area contributed by atoms with Gasteiger partial charge >= 0.3 is 5.97 Å². The Morgan fingerprint density at radius 2 is 1.94 bits per heavy atom. The number of benzene rings is 1. The van der Waals surface area contributed by atoms with Crippen LogP contribution in [0.4, 0.5) is 5.00 Å². The molecule has 4 rings (SSSR count). The fraction of sp³-hybridized carbons (Fsp3) is 0.333. The van der Waals surface area contributed by atoms with Gasteiger partial charge in [-0.05, 0) is 62.4 Å². The number of carbonyl (C=O) groups is 2. The second kappa shape index (κ2) is 10.6. The maximum Gasteiger partial charge on any atom is 0.341 e. The van der Waals surface area contributed by atoms with Gasteiger partial charge in [-0.25, -0.2) is 4.79 Å². The first-order valence-electron chi connectivity index (χ1n) is 10.8. The lowest BCUT2D eigenvalue weighted by atomic mass is 10.1. The molecule has 6 nitrogen and oxygen atoms in total. The van der Waals surface area contributed by atoms with E-state index in [1.54, 1.807) is 37.3 Å². The van der Waals surface area contributed by atoms with Crippen LogP contribution in [0.2, 0.25) is 10.0 Å². The topological polar surface area (TPSA) is 77.8 Å². The summed E-state index contributed by atoms with van der Waals surface area (Å²) < 4.78 is 16.6. The molecule has 2 heterocycles. The molecule has 0 spiro atoms. The number of halogens is 2. The summed E-state index contributed by atoms with van der Waals surface area (Å²) in [4.78, 5) is 26.7. The molecule has 2 aromatic heterocycles. The number of furan rings is 1. The Labute approximate surface area is 205 Å². The molecular formula is C24H23Cl2NO5S. The highest BCUT2D eigenvalue weighted by molar-refractivity contribution is 7.17. The molecule has 1 amide bonds. The summed E-state index contributed by atoms with van der Waals surface area (Å²) >= 11 is 13.5. The summed E-state index contributed by atoms with van der Waals surface area (Å²) in [6, 6.07) is 8.14. The Morgan fingerprint density at radius 3 is 2.76 bits per heavy atom. The third-order valence-electron chi connectivity index (χ3n) is 5.28. The number of amides is 1. The minimum atomic E-state index is -0.441. The van der Waals surface area contributed by atoms with E-state index in [4.69, 9.17) is 37.1 Å². The molecular weight excluding hydrogens is 485 g/mol. The van der Waals surface area contributed by atoms with Gasteiger partial charge in [-0.15, -0.1) is 11.3 Å². The van der Waals surface area contributed by atoms with E-state index < -0.39 is 11.9 Å². The van der Waals surface area contributed by atoms with Gasteiger partial charge < -0.3 is 19.2 Å². The minimum Gasteiger partial charge on any atom is -0.484 e. The van der Waals surface area contributed by atoms with Crippen molar-refractivity contribution < 1.29 is 23.5 Å². The first-order valence-corrected chi connectivity index (χ1v) is 12.3. The van der Waals surface area contributed by atoms with Gasteiger partial charge in [0.25, 0.3) is 5.91 Å². The van der Waals surface area contributed by atoms with Gasteiger partial charge in [0.05, 0.1) is 17.2 Å². The Bertz CT molecular complexity index is 1170. The van der Waals surface area contributed by atoms with Crippen LogP contribution in [0.5, 0.6) is 5.75 Å². The van der Waals surface area contributed by atoms with E-state index in [0.717, 1.165) is 42.5 Å². The fourth-order valence-corrected chi connectivity index (χ4v) is 5.34. The normalized spacial score (nSPS) is 13.2. The highest BCUT2D eigenvalue weighted by atomic mass is 35.5. The molecule has 174 valence electrons. The maximum atomic E-state index is 12.9. The summed E-state index contributed by atoms with van der Waals surface area (Å²) in [6.45, 7) is 2.12. The summed E-state index contributed by atoms with van der Waals surface area (Å²) in [5.74, 6) is 0.141. The lowest BCUT2D eigenvalue weighted by Crippen LogP contribution is -2.15. The highest BCUT2D eigenvalue weighted by Crippen LogP contribution is 2.38. The number of aryl methyl sites for hydroxylation is 1. The van der Waals surface area contributed by atoms with Crippen molar-refractivity contribution in [3.63, 3.8) is 0 Å². The molecule has 1 aliphatic carbocycles. The van der Waals surface area contributed by atoms with Gasteiger partial charge in [-0.2, -0.15) is 0 Å². The van der Waals surface area contributed by atoms with E-state index in [-0.39, 0.29) is 19.0 Å². The Morgan fingerprint density at radius 1 is 1.12 bits per heavy atom. The molecule has 0 fully saturated rings. The zero-order valence-corrected chi connectivity index (χ0v) is 20.4. The van der Waals surface area contributed by atoms with Gasteiger partial charge in [0, 0.05) is 16.0 Å². The van der Waals surface area contributed by atoms with Crippen molar-refractivity contribution in [1.29, 1.82) is 0 Å². The highest BCUT2D eigenvalue weighted by Gasteiger charge is 2.27. The zero-order valence-electron chi connectivity index (χ0n) is 18.0. The third-order valence-corrected chi connectivity index (χ3v) is 7.03. The smallest absolute Gasteiger partial charge is 0.341 e. The van der Waals surface area contributed by atoms with Gasteiger partial charge in [0.15, 0.2) is 5.76 Å². The monoisotopic (exact) mass is 507 g/mol. The number of rotatable bonds is 7. The van der Waals surface area contributed by atoms with E-state index in [2.05, 4.69) is 5.32 Å². The van der Waals surface area contributed by atoms with Crippen LogP contribution in [0.1, 0.15) is 63.3 Å². The van der Waals surface area contributed by atoms with Crippen molar-refractivity contribution in [1.82, 2.24) is 0 Å². The molecule has 0 saturated heterocycles. The predicted octanol–water partition coefficient (Wildman–Crippen LogP) is 6.92. The summed E-state index contributed by atoms with van der Waals surface area (Å²) in [6.07, 6.45) is 4.92. The number of nitrogens with one attached hydrogen (secondary N) is 1. The number of carbonyl (C=O) groups excluding carboxylic acids is 2. The number of hydrogen-bond acceptors (Lipinski definition) is 6. The largest absolute Gasteiger partial charge is 0.484 e. The average Bonchev–Trinajstić information content (AvgIpc) is 3.33.